The third-order valence-corrected chi connectivity index (χ3v) is 4.89. The van der Waals surface area contributed by atoms with Crippen LogP contribution in [0, 0.1) is 6.92 Å². The average Bonchev–Trinajstić information content (AvgIpc) is 3.30. The molecule has 0 atom stereocenters. The van der Waals surface area contributed by atoms with Gasteiger partial charge in [0.1, 0.15) is 11.3 Å². The molecular formula is C26H28F3N5O3. The number of primary amides is 1. The maximum absolute atomic E-state index is 12.9. The van der Waals surface area contributed by atoms with Crippen molar-refractivity contribution in [1.82, 2.24) is 9.38 Å². The number of carbonyl (C=O) groups is 2. The highest BCUT2D eigenvalue weighted by Gasteiger charge is 2.30. The van der Waals surface area contributed by atoms with E-state index >= 15 is 0 Å². The normalized spacial score (nSPS) is 10.4. The van der Waals surface area contributed by atoms with Crippen molar-refractivity contribution in [2.24, 2.45) is 5.73 Å². The Balaban J connectivity index is 0.000000733. The number of methoxy groups -OCH3 is 1. The molecule has 0 saturated heterocycles. The SMILES string of the molecule is COC.Cc1ccc(CNc2cccc(C(F)(F)F)c2)cc1NC(=O)c1cnc2ccccn12.NC=O. The summed E-state index contributed by atoms with van der Waals surface area (Å²) in [4.78, 5) is 25.6. The number of imidazole rings is 1. The highest BCUT2D eigenvalue weighted by Crippen LogP contribution is 2.30. The topological polar surface area (TPSA) is 111 Å². The number of nitrogens with two attached hydrogens (primary N) is 1. The minimum absolute atomic E-state index is 0.250. The van der Waals surface area contributed by atoms with Crippen molar-refractivity contribution in [2.75, 3.05) is 24.9 Å². The molecule has 8 nitrogen and oxygen atoms in total. The first-order valence-corrected chi connectivity index (χ1v) is 10.9. The second-order valence-electron chi connectivity index (χ2n) is 7.65. The highest BCUT2D eigenvalue weighted by atomic mass is 19.4. The second kappa shape index (κ2) is 13.6. The third kappa shape index (κ3) is 8.36. The zero-order valence-corrected chi connectivity index (χ0v) is 20.5. The van der Waals surface area contributed by atoms with Gasteiger partial charge < -0.3 is 21.1 Å². The molecule has 4 aromatic rings. The van der Waals surface area contributed by atoms with Crippen LogP contribution in [-0.2, 0) is 22.3 Å². The Morgan fingerprint density at radius 2 is 1.81 bits per heavy atom. The standard InChI is InChI=1S/C23H19F3N4O.C2H6O.CH3NO/c1-15-8-9-16(13-27-18-6-4-5-17(12-18)23(24,25)26)11-19(15)29-22(31)20-14-28-21-7-2-3-10-30(20)21;1-3-2;2-1-3/h2-12,14,27H,13H2,1H3,(H,29,31);1-2H3;1H,(H2,2,3). The molecule has 0 saturated carbocycles. The molecule has 0 aliphatic carbocycles. The number of fused-ring (bicyclic) bond motifs is 1. The molecule has 0 spiro atoms. The van der Waals surface area contributed by atoms with Crippen molar-refractivity contribution in [3.63, 3.8) is 0 Å². The van der Waals surface area contributed by atoms with E-state index in [4.69, 9.17) is 4.79 Å². The van der Waals surface area contributed by atoms with Gasteiger partial charge in [-0.05, 0) is 54.4 Å². The number of benzene rings is 2. The van der Waals surface area contributed by atoms with E-state index in [1.807, 2.05) is 37.3 Å². The van der Waals surface area contributed by atoms with E-state index in [0.29, 0.717) is 29.3 Å². The number of carbonyl (C=O) groups excluding carboxylic acids is 2. The molecule has 2 heterocycles. The first-order valence-electron chi connectivity index (χ1n) is 10.9. The monoisotopic (exact) mass is 515 g/mol. The van der Waals surface area contributed by atoms with Crippen molar-refractivity contribution >= 4 is 29.3 Å². The lowest BCUT2D eigenvalue weighted by Crippen LogP contribution is -2.15. The van der Waals surface area contributed by atoms with Gasteiger partial charge in [0.05, 0.1) is 11.8 Å². The first kappa shape index (κ1) is 28.9. The zero-order valence-electron chi connectivity index (χ0n) is 20.5. The third-order valence-electron chi connectivity index (χ3n) is 4.89. The summed E-state index contributed by atoms with van der Waals surface area (Å²) in [6.45, 7) is 2.17. The summed E-state index contributed by atoms with van der Waals surface area (Å²) in [5.41, 5.74) is 7.21. The van der Waals surface area contributed by atoms with Gasteiger partial charge >= 0.3 is 6.18 Å². The number of hydrogen-bond donors (Lipinski definition) is 3. The number of ether oxygens (including phenoxy) is 1. The molecule has 0 bridgehead atoms. The molecule has 0 fully saturated rings. The summed E-state index contributed by atoms with van der Waals surface area (Å²) >= 11 is 0. The molecule has 37 heavy (non-hydrogen) atoms. The fourth-order valence-electron chi connectivity index (χ4n) is 3.21. The Labute approximate surface area is 212 Å². The predicted molar refractivity (Wildman–Crippen MR) is 136 cm³/mol. The van der Waals surface area contributed by atoms with Crippen LogP contribution in [0.25, 0.3) is 5.65 Å². The van der Waals surface area contributed by atoms with Crippen LogP contribution in [0.3, 0.4) is 0 Å². The number of amides is 2. The number of rotatable bonds is 5. The number of halogens is 3. The quantitative estimate of drug-likeness (QED) is 0.328. The van der Waals surface area contributed by atoms with Crippen LogP contribution >= 0.6 is 0 Å². The van der Waals surface area contributed by atoms with Crippen LogP contribution in [0.1, 0.15) is 27.2 Å². The maximum Gasteiger partial charge on any atom is 0.416 e. The van der Waals surface area contributed by atoms with E-state index in [9.17, 15) is 18.0 Å². The average molecular weight is 516 g/mol. The molecule has 0 aliphatic rings. The molecule has 11 heteroatoms. The predicted octanol–water partition coefficient (Wildman–Crippen LogP) is 4.89. The van der Waals surface area contributed by atoms with E-state index in [1.54, 1.807) is 36.9 Å². The lowest BCUT2D eigenvalue weighted by molar-refractivity contribution is -0.137. The smallest absolute Gasteiger partial charge is 0.388 e. The van der Waals surface area contributed by atoms with Crippen LogP contribution in [-0.4, -0.2) is 35.9 Å². The van der Waals surface area contributed by atoms with E-state index in [1.165, 1.54) is 12.3 Å². The number of nitrogens with one attached hydrogen (secondary N) is 2. The van der Waals surface area contributed by atoms with Crippen LogP contribution in [0.15, 0.2) is 73.1 Å². The molecule has 4 rings (SSSR count). The first-order chi connectivity index (χ1) is 17.6. The Morgan fingerprint density at radius 3 is 2.49 bits per heavy atom. The van der Waals surface area contributed by atoms with Crippen molar-refractivity contribution in [2.45, 2.75) is 19.6 Å². The van der Waals surface area contributed by atoms with E-state index in [-0.39, 0.29) is 12.3 Å². The van der Waals surface area contributed by atoms with Gasteiger partial charge in [0.15, 0.2) is 0 Å². The largest absolute Gasteiger partial charge is 0.416 e. The second-order valence-corrected chi connectivity index (χ2v) is 7.65. The summed E-state index contributed by atoms with van der Waals surface area (Å²) in [6.07, 6.45) is -0.866. The number of aromatic nitrogens is 2. The lowest BCUT2D eigenvalue weighted by Gasteiger charge is -2.13. The Kier molecular flexibility index (Phi) is 10.6. The van der Waals surface area contributed by atoms with Gasteiger partial charge in [0.2, 0.25) is 6.41 Å². The number of alkyl halides is 3. The number of hydrogen-bond acceptors (Lipinski definition) is 5. The summed E-state index contributed by atoms with van der Waals surface area (Å²) in [5.74, 6) is -0.301. The minimum Gasteiger partial charge on any atom is -0.388 e. The van der Waals surface area contributed by atoms with Gasteiger partial charge in [0.25, 0.3) is 5.91 Å². The van der Waals surface area contributed by atoms with Crippen molar-refractivity contribution in [3.8, 4) is 0 Å². The van der Waals surface area contributed by atoms with Gasteiger partial charge in [-0.2, -0.15) is 13.2 Å². The molecule has 2 amide bonds. The van der Waals surface area contributed by atoms with E-state index in [0.717, 1.165) is 23.3 Å². The lowest BCUT2D eigenvalue weighted by atomic mass is 10.1. The molecule has 4 N–H and O–H groups in total. The Hall–Kier alpha value is -4.38. The summed E-state index contributed by atoms with van der Waals surface area (Å²) in [7, 11) is 3.25. The van der Waals surface area contributed by atoms with Gasteiger partial charge in [-0.3, -0.25) is 14.0 Å². The number of anilines is 2. The molecule has 0 unspecified atom stereocenters. The van der Waals surface area contributed by atoms with Crippen molar-refractivity contribution in [3.05, 3.63) is 95.4 Å². The molecule has 196 valence electrons. The van der Waals surface area contributed by atoms with Gasteiger partial charge in [-0.1, -0.05) is 24.3 Å². The molecule has 0 aliphatic heterocycles. The van der Waals surface area contributed by atoms with E-state index < -0.39 is 11.7 Å². The van der Waals surface area contributed by atoms with Gasteiger partial charge in [0, 0.05) is 38.3 Å². The maximum atomic E-state index is 12.9. The van der Waals surface area contributed by atoms with Crippen LogP contribution in [0.2, 0.25) is 0 Å². The fraction of sp³-hybridized carbons (Fsp3) is 0.192. The highest BCUT2D eigenvalue weighted by molar-refractivity contribution is 6.03. The molecular weight excluding hydrogens is 487 g/mol. The van der Waals surface area contributed by atoms with E-state index in [2.05, 4.69) is 26.1 Å². The van der Waals surface area contributed by atoms with Gasteiger partial charge in [-0.25, -0.2) is 4.98 Å². The van der Waals surface area contributed by atoms with Crippen molar-refractivity contribution in [1.29, 1.82) is 0 Å². The van der Waals surface area contributed by atoms with Crippen LogP contribution < -0.4 is 16.4 Å². The number of nitrogens with zero attached hydrogens (tertiary/aromatic N) is 2. The van der Waals surface area contributed by atoms with Crippen LogP contribution in [0.5, 0.6) is 0 Å². The zero-order chi connectivity index (χ0) is 27.4. The molecule has 0 radical (unpaired) electrons. The minimum atomic E-state index is -4.39. The number of aryl methyl sites for hydroxylation is 1. The Morgan fingerprint density at radius 1 is 1.11 bits per heavy atom. The van der Waals surface area contributed by atoms with Crippen molar-refractivity contribution < 1.29 is 27.5 Å². The fourth-order valence-corrected chi connectivity index (χ4v) is 3.21. The van der Waals surface area contributed by atoms with Crippen LogP contribution in [0.4, 0.5) is 24.5 Å². The Bertz CT molecular complexity index is 1320. The van der Waals surface area contributed by atoms with Gasteiger partial charge in [-0.15, -0.1) is 0 Å². The number of pyridine rings is 1. The summed E-state index contributed by atoms with van der Waals surface area (Å²) in [6, 6.07) is 16.0. The summed E-state index contributed by atoms with van der Waals surface area (Å²) in [5, 5.41) is 5.89. The summed E-state index contributed by atoms with van der Waals surface area (Å²) < 4.78 is 44.6. The molecule has 2 aromatic heterocycles. The molecule has 2 aromatic carbocycles.